The monoisotopic (exact) mass is 504 g/mol. The van der Waals surface area contributed by atoms with E-state index >= 15 is 0 Å². The Balaban J connectivity index is 0.00000167. The van der Waals surface area contributed by atoms with Gasteiger partial charge in [0.15, 0.2) is 5.82 Å². The fraction of sp³-hybridized carbons (Fsp3) is 0.182. The lowest BCUT2D eigenvalue weighted by atomic mass is 10.00. The standard InChI is InChI=1S/C20H13F3N6O3S.C2H6/c1-32-15-8-24-14(17(22)23)5-11(15)10-6-16(29-4-2-3-13(21)19(29)31)25-7-12(10)18(30)27-20-28-26-9-33-20;1-2/h2-9,17H,1H3,(H,27,28,30);1-2H3. The van der Waals surface area contributed by atoms with Crippen LogP contribution in [-0.4, -0.2) is 37.7 Å². The minimum Gasteiger partial charge on any atom is -0.494 e. The number of nitrogens with zero attached hydrogens (tertiary/aromatic N) is 5. The number of hydrogen-bond acceptors (Lipinski definition) is 8. The number of methoxy groups -OCH3 is 1. The number of halogens is 3. The molecule has 0 atom stereocenters. The van der Waals surface area contributed by atoms with Gasteiger partial charge < -0.3 is 4.74 Å². The summed E-state index contributed by atoms with van der Waals surface area (Å²) in [5, 5.41) is 10.1. The molecule has 1 amide bonds. The van der Waals surface area contributed by atoms with Crippen LogP contribution in [-0.2, 0) is 0 Å². The van der Waals surface area contributed by atoms with E-state index in [4.69, 9.17) is 4.74 Å². The second-order valence-electron chi connectivity index (χ2n) is 6.43. The molecule has 0 aliphatic carbocycles. The Hall–Kier alpha value is -4.13. The molecule has 9 nitrogen and oxygen atoms in total. The zero-order valence-corrected chi connectivity index (χ0v) is 19.5. The lowest BCUT2D eigenvalue weighted by Gasteiger charge is -2.15. The first-order chi connectivity index (χ1) is 16.9. The highest BCUT2D eigenvalue weighted by atomic mass is 32.1. The number of carbonyl (C=O) groups excluding carboxylic acids is 1. The van der Waals surface area contributed by atoms with Gasteiger partial charge in [-0.2, -0.15) is 0 Å². The molecule has 4 rings (SSSR count). The maximum absolute atomic E-state index is 13.8. The van der Waals surface area contributed by atoms with E-state index in [0.717, 1.165) is 40.4 Å². The molecule has 13 heteroatoms. The number of alkyl halides is 2. The second-order valence-corrected chi connectivity index (χ2v) is 7.26. The van der Waals surface area contributed by atoms with Gasteiger partial charge in [-0.25, -0.2) is 18.2 Å². The Bertz CT molecular complexity index is 1380. The first-order valence-corrected chi connectivity index (χ1v) is 11.0. The molecule has 1 N–H and O–H groups in total. The van der Waals surface area contributed by atoms with Crippen molar-refractivity contribution in [1.82, 2.24) is 24.7 Å². The molecule has 4 heterocycles. The van der Waals surface area contributed by atoms with Crippen LogP contribution in [0.5, 0.6) is 5.75 Å². The van der Waals surface area contributed by atoms with Crippen LogP contribution in [0.4, 0.5) is 18.3 Å². The Kier molecular flexibility index (Phi) is 8.25. The summed E-state index contributed by atoms with van der Waals surface area (Å²) in [5.41, 5.74) is 0.0370. The summed E-state index contributed by atoms with van der Waals surface area (Å²) >= 11 is 1.07. The van der Waals surface area contributed by atoms with Crippen LogP contribution >= 0.6 is 11.3 Å². The summed E-state index contributed by atoms with van der Waals surface area (Å²) in [6.45, 7) is 4.00. The third-order valence-electron chi connectivity index (χ3n) is 4.48. The van der Waals surface area contributed by atoms with Crippen LogP contribution in [0.15, 0.2) is 53.2 Å². The van der Waals surface area contributed by atoms with Crippen molar-refractivity contribution in [3.8, 4) is 22.7 Å². The molecule has 0 aliphatic heterocycles. The molecule has 0 radical (unpaired) electrons. The molecular formula is C22H19F3N6O3S. The van der Waals surface area contributed by atoms with Gasteiger partial charge >= 0.3 is 0 Å². The average molecular weight is 504 g/mol. The van der Waals surface area contributed by atoms with E-state index in [2.05, 4.69) is 25.5 Å². The SMILES string of the molecule is CC.COc1cnc(C(F)F)cc1-c1cc(-n2cccc(F)c2=O)ncc1C(=O)Nc1nncs1. The highest BCUT2D eigenvalue weighted by Crippen LogP contribution is 2.35. The van der Waals surface area contributed by atoms with Gasteiger partial charge in [-0.3, -0.25) is 24.5 Å². The van der Waals surface area contributed by atoms with Gasteiger partial charge in [0.2, 0.25) is 5.13 Å². The van der Waals surface area contributed by atoms with Gasteiger partial charge in [0.1, 0.15) is 22.8 Å². The van der Waals surface area contributed by atoms with E-state index in [0.29, 0.717) is 0 Å². The van der Waals surface area contributed by atoms with Gasteiger partial charge in [-0.15, -0.1) is 10.2 Å². The van der Waals surface area contributed by atoms with Crippen LogP contribution in [0, 0.1) is 5.82 Å². The average Bonchev–Trinajstić information content (AvgIpc) is 3.39. The molecule has 35 heavy (non-hydrogen) atoms. The van der Waals surface area contributed by atoms with Gasteiger partial charge in [0, 0.05) is 23.5 Å². The summed E-state index contributed by atoms with van der Waals surface area (Å²) < 4.78 is 46.7. The van der Waals surface area contributed by atoms with Gasteiger partial charge in [-0.05, 0) is 24.3 Å². The maximum Gasteiger partial charge on any atom is 0.292 e. The van der Waals surface area contributed by atoms with E-state index in [1.165, 1.54) is 30.9 Å². The zero-order chi connectivity index (χ0) is 25.5. The highest BCUT2D eigenvalue weighted by Gasteiger charge is 2.22. The first-order valence-electron chi connectivity index (χ1n) is 10.2. The van der Waals surface area contributed by atoms with Crippen molar-refractivity contribution in [2.75, 3.05) is 12.4 Å². The number of nitrogens with one attached hydrogen (secondary N) is 1. The van der Waals surface area contributed by atoms with Crippen LogP contribution in [0.3, 0.4) is 0 Å². The molecule has 182 valence electrons. The third-order valence-corrected chi connectivity index (χ3v) is 5.09. The van der Waals surface area contributed by atoms with Crippen LogP contribution < -0.4 is 15.6 Å². The molecule has 4 aromatic rings. The van der Waals surface area contributed by atoms with Crippen LogP contribution in [0.1, 0.15) is 36.3 Å². The van der Waals surface area contributed by atoms with Crippen LogP contribution in [0.2, 0.25) is 0 Å². The summed E-state index contributed by atoms with van der Waals surface area (Å²) in [7, 11) is 1.31. The van der Waals surface area contributed by atoms with Crippen molar-refractivity contribution in [1.29, 1.82) is 0 Å². The smallest absolute Gasteiger partial charge is 0.292 e. The van der Waals surface area contributed by atoms with Crippen molar-refractivity contribution in [3.05, 3.63) is 75.8 Å². The Morgan fingerprint density at radius 2 is 1.94 bits per heavy atom. The van der Waals surface area contributed by atoms with E-state index in [9.17, 15) is 22.8 Å². The van der Waals surface area contributed by atoms with Gasteiger partial charge in [0.25, 0.3) is 17.9 Å². The first kappa shape index (κ1) is 25.5. The van der Waals surface area contributed by atoms with Gasteiger partial charge in [0.05, 0.1) is 18.9 Å². The quantitative estimate of drug-likeness (QED) is 0.411. The summed E-state index contributed by atoms with van der Waals surface area (Å²) in [6.07, 6.45) is 0.630. The normalized spacial score (nSPS) is 10.5. The molecule has 0 fully saturated rings. The van der Waals surface area contributed by atoms with E-state index < -0.39 is 29.4 Å². The fourth-order valence-electron chi connectivity index (χ4n) is 2.97. The number of aromatic nitrogens is 5. The number of amides is 1. The summed E-state index contributed by atoms with van der Waals surface area (Å²) in [4.78, 5) is 32.9. The predicted molar refractivity (Wildman–Crippen MR) is 124 cm³/mol. The highest BCUT2D eigenvalue weighted by molar-refractivity contribution is 7.13. The maximum atomic E-state index is 13.8. The predicted octanol–water partition coefficient (Wildman–Crippen LogP) is 4.51. The Labute approximate surface area is 201 Å². The molecule has 0 spiro atoms. The van der Waals surface area contributed by atoms with Crippen molar-refractivity contribution >= 4 is 22.4 Å². The van der Waals surface area contributed by atoms with Gasteiger partial charge in [-0.1, -0.05) is 25.2 Å². The van der Waals surface area contributed by atoms with Crippen LogP contribution in [0.25, 0.3) is 16.9 Å². The van der Waals surface area contributed by atoms with Crippen molar-refractivity contribution in [3.63, 3.8) is 0 Å². The molecule has 0 aromatic carbocycles. The fourth-order valence-corrected chi connectivity index (χ4v) is 3.41. The zero-order valence-electron chi connectivity index (χ0n) is 18.7. The summed E-state index contributed by atoms with van der Waals surface area (Å²) in [5.74, 6) is -1.63. The molecular weight excluding hydrogens is 485 g/mol. The van der Waals surface area contributed by atoms with Crippen molar-refractivity contribution in [2.45, 2.75) is 20.3 Å². The Morgan fingerprint density at radius 1 is 1.17 bits per heavy atom. The lowest BCUT2D eigenvalue weighted by Crippen LogP contribution is -2.22. The number of hydrogen-bond donors (Lipinski definition) is 1. The molecule has 0 aliphatic rings. The molecule has 4 aromatic heterocycles. The summed E-state index contributed by atoms with van der Waals surface area (Å²) in [6, 6.07) is 4.65. The second kappa shape index (κ2) is 11.3. The van der Waals surface area contributed by atoms with Crippen molar-refractivity contribution in [2.24, 2.45) is 0 Å². The third kappa shape index (κ3) is 5.51. The molecule has 0 unspecified atom stereocenters. The number of pyridine rings is 3. The van der Waals surface area contributed by atoms with E-state index in [1.807, 2.05) is 13.8 Å². The Morgan fingerprint density at radius 3 is 2.60 bits per heavy atom. The number of carbonyl (C=O) groups is 1. The molecule has 0 saturated carbocycles. The lowest BCUT2D eigenvalue weighted by molar-refractivity contribution is 0.102. The minimum absolute atomic E-state index is 0.0388. The largest absolute Gasteiger partial charge is 0.494 e. The minimum atomic E-state index is -2.89. The van der Waals surface area contributed by atoms with Crippen molar-refractivity contribution < 1.29 is 22.7 Å². The van der Waals surface area contributed by atoms with E-state index in [-0.39, 0.29) is 33.4 Å². The molecule has 0 saturated heterocycles. The number of rotatable bonds is 6. The van der Waals surface area contributed by atoms with E-state index in [1.54, 1.807) is 0 Å². The number of ether oxygens (including phenoxy) is 1. The molecule has 0 bridgehead atoms. The topological polar surface area (TPSA) is 112 Å². The number of anilines is 1.